The van der Waals surface area contributed by atoms with Crippen molar-refractivity contribution in [3.63, 3.8) is 0 Å². The van der Waals surface area contributed by atoms with E-state index in [1.54, 1.807) is 11.8 Å². The molecule has 1 aromatic carbocycles. The summed E-state index contributed by atoms with van der Waals surface area (Å²) in [5.74, 6) is 0.374. The van der Waals surface area contributed by atoms with Gasteiger partial charge in [-0.3, -0.25) is 0 Å². The number of rotatable bonds is 0. The van der Waals surface area contributed by atoms with E-state index in [2.05, 4.69) is 77.4 Å². The van der Waals surface area contributed by atoms with E-state index < -0.39 is 10.5 Å². The second kappa shape index (κ2) is 5.03. The Morgan fingerprint density at radius 2 is 1.72 bits per heavy atom. The molecule has 18 heavy (non-hydrogen) atoms. The Bertz CT molecular complexity index is 548. The van der Waals surface area contributed by atoms with Gasteiger partial charge in [0.1, 0.15) is 0 Å². The van der Waals surface area contributed by atoms with Gasteiger partial charge in [-0.2, -0.15) is 0 Å². The quantitative estimate of drug-likeness (QED) is 0.401. The zero-order chi connectivity index (χ0) is 13.7. The molecule has 1 unspecified atom stereocenters. The van der Waals surface area contributed by atoms with Crippen LogP contribution in [0, 0.1) is 13.8 Å². The molecule has 0 bridgehead atoms. The average molecular weight is 573 g/mol. The summed E-state index contributed by atoms with van der Waals surface area (Å²) in [5, 5.41) is 1.19. The van der Waals surface area contributed by atoms with E-state index in [1.165, 1.54) is 25.3 Å². The molecule has 1 nitrogen and oxygen atoms in total. The van der Waals surface area contributed by atoms with Gasteiger partial charge < -0.3 is 0 Å². The van der Waals surface area contributed by atoms with Crippen LogP contribution in [-0.4, -0.2) is 21.8 Å². The predicted molar refractivity (Wildman–Crippen MR) is 97.5 cm³/mol. The first-order valence-electron chi connectivity index (χ1n) is 5.49. The summed E-state index contributed by atoms with van der Waals surface area (Å²) in [6.45, 7) is 6.56. The van der Waals surface area contributed by atoms with Crippen molar-refractivity contribution in [2.24, 2.45) is 3.24 Å². The molecule has 1 aromatic rings. The van der Waals surface area contributed by atoms with Gasteiger partial charge in [-0.15, -0.1) is 0 Å². The minimum atomic E-state index is -3.43. The first-order chi connectivity index (χ1) is 8.14. The summed E-state index contributed by atoms with van der Waals surface area (Å²) < 4.78 is 6.30. The van der Waals surface area contributed by atoms with Gasteiger partial charge in [0.2, 0.25) is 0 Å². The van der Waals surface area contributed by atoms with Gasteiger partial charge in [0.05, 0.1) is 0 Å². The zero-order valence-electron chi connectivity index (χ0n) is 10.6. The van der Waals surface area contributed by atoms with Crippen LogP contribution in [0.15, 0.2) is 15.4 Å². The maximum atomic E-state index is 4.98. The van der Waals surface area contributed by atoms with Crippen molar-refractivity contribution < 1.29 is 0 Å². The van der Waals surface area contributed by atoms with Crippen molar-refractivity contribution in [3.05, 3.63) is 28.8 Å². The van der Waals surface area contributed by atoms with Gasteiger partial charge in [0, 0.05) is 0 Å². The van der Waals surface area contributed by atoms with Crippen LogP contribution in [-0.2, 0) is 0 Å². The molecule has 6 heteroatoms. The van der Waals surface area contributed by atoms with Crippen LogP contribution < -0.4 is 3.61 Å². The molecule has 1 heterocycles. The van der Waals surface area contributed by atoms with Crippen molar-refractivity contribution in [3.8, 4) is 0 Å². The van der Waals surface area contributed by atoms with Gasteiger partial charge in [-0.05, 0) is 0 Å². The van der Waals surface area contributed by atoms with Crippen molar-refractivity contribution in [1.82, 2.24) is 0 Å². The van der Waals surface area contributed by atoms with Gasteiger partial charge in [0.15, 0.2) is 0 Å². The minimum absolute atomic E-state index is 0.374. The topological polar surface area (TPSA) is 12.4 Å². The van der Waals surface area contributed by atoms with Crippen molar-refractivity contribution in [2.75, 3.05) is 6.26 Å². The number of benzene rings is 1. The second-order valence-corrected chi connectivity index (χ2v) is 54.0. The number of hydrogen-bond donors (Lipinski definition) is 0. The monoisotopic (exact) mass is 572 g/mol. The first-order valence-corrected chi connectivity index (χ1v) is 24.6. The third-order valence-corrected chi connectivity index (χ3v) is 18.8. The molecule has 0 amide bonds. The zero-order valence-corrected chi connectivity index (χ0v) is 18.5. The first kappa shape index (κ1) is 15.9. The number of fused-ring (bicyclic) bond motifs is 1. The molecular weight excluding hydrogens is 558 g/mol. The fourth-order valence-corrected chi connectivity index (χ4v) is 19.3. The van der Waals surface area contributed by atoms with Crippen molar-refractivity contribution in [2.45, 2.75) is 26.7 Å². The van der Waals surface area contributed by atoms with Gasteiger partial charge >= 0.3 is 134 Å². The van der Waals surface area contributed by atoms with E-state index >= 15 is 0 Å². The molecule has 0 saturated heterocycles. The Kier molecular flexibility index (Phi) is 4.43. The Morgan fingerprint density at radius 1 is 1.17 bits per heavy atom. The van der Waals surface area contributed by atoms with E-state index in [-0.39, 0.29) is 0 Å². The molecule has 2 rings (SSSR count). The van der Waals surface area contributed by atoms with Crippen LogP contribution in [0.1, 0.15) is 29.5 Å². The van der Waals surface area contributed by atoms with Crippen LogP contribution >= 0.6 is 50.0 Å². The van der Waals surface area contributed by atoms with Crippen molar-refractivity contribution >= 4 is 69.1 Å². The van der Waals surface area contributed by atoms with Crippen LogP contribution in [0.2, 0.25) is 0 Å². The summed E-state index contributed by atoms with van der Waals surface area (Å²) in [4.78, 5) is 0. The van der Waals surface area contributed by atoms with Crippen LogP contribution in [0.25, 0.3) is 0 Å². The molecule has 0 spiro atoms. The molecule has 0 saturated carbocycles. The van der Waals surface area contributed by atoms with Gasteiger partial charge in [0.25, 0.3) is 0 Å². The fraction of sp³-hybridized carbons (Fsp3) is 0.417. The summed E-state index contributed by atoms with van der Waals surface area (Å²) in [6.07, 6.45) is 2.09. The summed E-state index contributed by atoms with van der Waals surface area (Å²) in [6, 6.07) is 4.59. The maximum absolute atomic E-state index is 4.98. The molecule has 0 aromatic heterocycles. The summed E-state index contributed by atoms with van der Waals surface area (Å²) >= 11 is 13.4. The molecule has 1 aliphatic heterocycles. The third-order valence-electron chi connectivity index (χ3n) is 3.26. The molecular formula is C12H15Br3NSTe. The van der Waals surface area contributed by atoms with Gasteiger partial charge in [-0.25, -0.2) is 0 Å². The van der Waals surface area contributed by atoms with E-state index in [4.69, 9.17) is 3.24 Å². The summed E-state index contributed by atoms with van der Waals surface area (Å²) in [5.41, 5.74) is 4.05. The summed E-state index contributed by atoms with van der Waals surface area (Å²) in [7, 11) is -3.43. The standard InChI is InChI=1S/C12H15Br3NSTe/c1-7-5-10-9(3)12(17-4)16-18(13,14,15)11(10)6-8(7)2/h5-6,9H,1-4H3. The van der Waals surface area contributed by atoms with Crippen LogP contribution in [0.5, 0.6) is 0 Å². The number of thioether (sulfide) groups is 1. The molecule has 0 N–H and O–H groups in total. The molecule has 1 aliphatic rings. The number of hydrogen-bond acceptors (Lipinski definition) is 2. The molecule has 1 radical (unpaired) electrons. The molecule has 1 atom stereocenters. The van der Waals surface area contributed by atoms with E-state index in [0.717, 1.165) is 0 Å². The van der Waals surface area contributed by atoms with E-state index in [1.807, 2.05) is 0 Å². The number of aryl methyl sites for hydroxylation is 2. The predicted octanol–water partition coefficient (Wildman–Crippen LogP) is 4.96. The molecule has 101 valence electrons. The Balaban J connectivity index is 2.78. The average Bonchev–Trinajstić information content (AvgIpc) is 2.26. The van der Waals surface area contributed by atoms with E-state index in [9.17, 15) is 0 Å². The third kappa shape index (κ3) is 2.76. The van der Waals surface area contributed by atoms with Crippen LogP contribution in [0.4, 0.5) is 0 Å². The second-order valence-electron chi connectivity index (χ2n) is 4.53. The van der Waals surface area contributed by atoms with Crippen LogP contribution in [0.3, 0.4) is 0 Å². The SMILES string of the molecule is CSC1=N[Te](Br)(Br)(Br)c2cc(C)c(C)cc2C1C. The molecule has 0 fully saturated rings. The van der Waals surface area contributed by atoms with Gasteiger partial charge in [-0.1, -0.05) is 0 Å². The number of halogens is 3. The Labute approximate surface area is 132 Å². The normalized spacial score (nSPS) is 26.7. The van der Waals surface area contributed by atoms with Crippen molar-refractivity contribution in [1.29, 1.82) is 0 Å². The Morgan fingerprint density at radius 3 is 2.28 bits per heavy atom. The Hall–Kier alpha value is 1.47. The van der Waals surface area contributed by atoms with E-state index in [0.29, 0.717) is 5.92 Å². The number of nitrogens with zero attached hydrogens (tertiary/aromatic N) is 1. The molecule has 0 aliphatic carbocycles. The fourth-order valence-electron chi connectivity index (χ4n) is 2.05.